The molecule has 9 nitrogen and oxygen atoms in total. The fourth-order valence-electron chi connectivity index (χ4n) is 4.22. The molecule has 0 spiro atoms. The number of sulfone groups is 1. The Morgan fingerprint density at radius 2 is 1.89 bits per heavy atom. The van der Waals surface area contributed by atoms with Crippen molar-refractivity contribution in [2.45, 2.75) is 57.9 Å². The third-order valence-electron chi connectivity index (χ3n) is 6.18. The molecule has 1 atom stereocenters. The molecular formula is C24H27F3N4O5S. The minimum atomic E-state index is -3.50. The van der Waals surface area contributed by atoms with Crippen LogP contribution in [0.5, 0.6) is 5.75 Å². The van der Waals surface area contributed by atoms with Gasteiger partial charge in [0.2, 0.25) is 0 Å². The van der Waals surface area contributed by atoms with Crippen LogP contribution in [0, 0.1) is 5.82 Å². The number of halogens is 3. The quantitative estimate of drug-likeness (QED) is 0.470. The molecule has 2 aromatic heterocycles. The van der Waals surface area contributed by atoms with Crippen molar-refractivity contribution in [1.29, 1.82) is 0 Å². The number of ether oxygens (including phenoxy) is 1. The summed E-state index contributed by atoms with van der Waals surface area (Å²) in [5.74, 6) is -2.00. The van der Waals surface area contributed by atoms with Gasteiger partial charge in [0.1, 0.15) is 22.8 Å². The van der Waals surface area contributed by atoms with Crippen LogP contribution in [0.25, 0.3) is 22.3 Å². The maximum absolute atomic E-state index is 14.9. The molecule has 4 rings (SSSR count). The SMILES string of the molecule is C[C@@H](n1nc(-c2cc(OC(C)(F)F)ccc2F)c2ncc(C(=O)NC3(C)CS(=O)(=O)C3)cc21)C(C)(C)O. The number of aliphatic hydroxyl groups is 1. The number of aromatic nitrogens is 3. The summed E-state index contributed by atoms with van der Waals surface area (Å²) in [6.07, 6.45) is -2.26. The molecule has 1 amide bonds. The maximum atomic E-state index is 14.9. The standard InChI is InChI=1S/C24H27F3N4O5S/c1-13(22(2,3)33)31-18-8-14(21(32)29-23(4)11-37(34,35)12-23)10-28-20(18)19(30-31)16-9-15(6-7-17(16)25)36-24(5,26)27/h6-10,13,33H,11-12H2,1-5H3,(H,29,32)/t13-/m1/s1. The van der Waals surface area contributed by atoms with Gasteiger partial charge >= 0.3 is 6.11 Å². The Labute approximate surface area is 211 Å². The van der Waals surface area contributed by atoms with E-state index >= 15 is 0 Å². The van der Waals surface area contributed by atoms with Crippen LogP contribution in [0.4, 0.5) is 13.2 Å². The van der Waals surface area contributed by atoms with Crippen LogP contribution in [0.2, 0.25) is 0 Å². The first-order valence-electron chi connectivity index (χ1n) is 11.4. The van der Waals surface area contributed by atoms with Gasteiger partial charge < -0.3 is 15.2 Å². The van der Waals surface area contributed by atoms with Crippen LogP contribution in [-0.2, 0) is 9.84 Å². The van der Waals surface area contributed by atoms with Gasteiger partial charge in [-0.25, -0.2) is 12.8 Å². The first-order valence-corrected chi connectivity index (χ1v) is 13.2. The smallest absolute Gasteiger partial charge is 0.394 e. The van der Waals surface area contributed by atoms with Crippen molar-refractivity contribution in [3.8, 4) is 17.0 Å². The van der Waals surface area contributed by atoms with Crippen molar-refractivity contribution in [3.05, 3.63) is 41.8 Å². The van der Waals surface area contributed by atoms with E-state index < -0.39 is 44.9 Å². The van der Waals surface area contributed by atoms with E-state index in [1.807, 2.05) is 0 Å². The Bertz CT molecular complexity index is 1480. The predicted octanol–water partition coefficient (Wildman–Crippen LogP) is 3.48. The second-order valence-electron chi connectivity index (χ2n) is 10.3. The third kappa shape index (κ3) is 5.57. The van der Waals surface area contributed by atoms with E-state index in [4.69, 9.17) is 0 Å². The van der Waals surface area contributed by atoms with Crippen LogP contribution in [0.1, 0.15) is 51.0 Å². The zero-order valence-corrected chi connectivity index (χ0v) is 21.7. The van der Waals surface area contributed by atoms with Gasteiger partial charge in [-0.1, -0.05) is 0 Å². The molecule has 0 aliphatic carbocycles. The van der Waals surface area contributed by atoms with E-state index in [0.717, 1.165) is 18.2 Å². The molecule has 3 aromatic rings. The highest BCUT2D eigenvalue weighted by Gasteiger charge is 2.46. The Hall–Kier alpha value is -3.19. The molecule has 1 saturated heterocycles. The van der Waals surface area contributed by atoms with Crippen LogP contribution < -0.4 is 10.1 Å². The van der Waals surface area contributed by atoms with Gasteiger partial charge in [-0.2, -0.15) is 13.9 Å². The molecule has 13 heteroatoms. The zero-order valence-electron chi connectivity index (χ0n) is 20.8. The molecule has 0 bridgehead atoms. The van der Waals surface area contributed by atoms with Crippen molar-refractivity contribution in [3.63, 3.8) is 0 Å². The average Bonchev–Trinajstić information content (AvgIpc) is 3.09. The number of hydrogen-bond acceptors (Lipinski definition) is 7. The lowest BCUT2D eigenvalue weighted by molar-refractivity contribution is -0.158. The summed E-state index contributed by atoms with van der Waals surface area (Å²) in [6.45, 7) is 6.93. The molecule has 200 valence electrons. The van der Waals surface area contributed by atoms with Gasteiger partial charge in [-0.3, -0.25) is 14.5 Å². The number of rotatable bonds is 7. The summed E-state index contributed by atoms with van der Waals surface area (Å²) in [5, 5.41) is 17.8. The molecule has 0 unspecified atom stereocenters. The number of hydrogen-bond donors (Lipinski definition) is 2. The Balaban J connectivity index is 1.82. The summed E-state index contributed by atoms with van der Waals surface area (Å²) in [6, 6.07) is 3.88. The average molecular weight is 541 g/mol. The predicted molar refractivity (Wildman–Crippen MR) is 130 cm³/mol. The number of carbonyl (C=O) groups is 1. The molecule has 0 radical (unpaired) electrons. The Kier molecular flexibility index (Phi) is 6.31. The second kappa shape index (κ2) is 8.69. The second-order valence-corrected chi connectivity index (χ2v) is 12.4. The molecule has 1 aliphatic heterocycles. The summed E-state index contributed by atoms with van der Waals surface area (Å²) in [7, 11) is -3.20. The van der Waals surface area contributed by atoms with Gasteiger partial charge in [0.25, 0.3) is 5.91 Å². The molecule has 2 N–H and O–H groups in total. The monoisotopic (exact) mass is 540 g/mol. The van der Waals surface area contributed by atoms with Crippen molar-refractivity contribution in [2.75, 3.05) is 11.5 Å². The van der Waals surface area contributed by atoms with E-state index in [9.17, 15) is 31.5 Å². The highest BCUT2D eigenvalue weighted by atomic mass is 32.2. The minimum Gasteiger partial charge on any atom is -0.433 e. The molecule has 1 aliphatic rings. The Morgan fingerprint density at radius 3 is 2.46 bits per heavy atom. The highest BCUT2D eigenvalue weighted by Crippen LogP contribution is 2.35. The summed E-state index contributed by atoms with van der Waals surface area (Å²) in [4.78, 5) is 17.2. The van der Waals surface area contributed by atoms with Gasteiger partial charge in [-0.15, -0.1) is 0 Å². The lowest BCUT2D eigenvalue weighted by Gasteiger charge is -2.38. The first kappa shape index (κ1) is 26.9. The third-order valence-corrected chi connectivity index (χ3v) is 8.33. The van der Waals surface area contributed by atoms with Crippen molar-refractivity contribution in [1.82, 2.24) is 20.1 Å². The number of benzene rings is 1. The highest BCUT2D eigenvalue weighted by molar-refractivity contribution is 7.93. The maximum Gasteiger partial charge on any atom is 0.394 e. The van der Waals surface area contributed by atoms with Crippen LogP contribution >= 0.6 is 0 Å². The number of pyridine rings is 1. The van der Waals surface area contributed by atoms with E-state index in [0.29, 0.717) is 6.92 Å². The van der Waals surface area contributed by atoms with E-state index in [1.165, 1.54) is 16.9 Å². The summed E-state index contributed by atoms with van der Waals surface area (Å²) in [5.41, 5.74) is -1.85. The number of amides is 1. The molecule has 1 fully saturated rings. The number of nitrogens with one attached hydrogen (secondary N) is 1. The molecule has 1 aromatic carbocycles. The van der Waals surface area contributed by atoms with Gasteiger partial charge in [0.15, 0.2) is 9.84 Å². The van der Waals surface area contributed by atoms with Crippen LogP contribution in [0.15, 0.2) is 30.5 Å². The lowest BCUT2D eigenvalue weighted by atomic mass is 10.0. The zero-order chi connectivity index (χ0) is 27.6. The van der Waals surface area contributed by atoms with Crippen LogP contribution in [-0.4, -0.2) is 63.0 Å². The topological polar surface area (TPSA) is 123 Å². The largest absolute Gasteiger partial charge is 0.433 e. The molecule has 37 heavy (non-hydrogen) atoms. The van der Waals surface area contributed by atoms with Crippen molar-refractivity contribution >= 4 is 26.8 Å². The van der Waals surface area contributed by atoms with E-state index in [1.54, 1.807) is 27.7 Å². The van der Waals surface area contributed by atoms with Gasteiger partial charge in [0.05, 0.1) is 39.8 Å². The summed E-state index contributed by atoms with van der Waals surface area (Å²) >= 11 is 0. The van der Waals surface area contributed by atoms with E-state index in [-0.39, 0.29) is 45.1 Å². The minimum absolute atomic E-state index is 0.00234. The number of fused-ring (bicyclic) bond motifs is 1. The van der Waals surface area contributed by atoms with Gasteiger partial charge in [0, 0.05) is 18.7 Å². The fraction of sp³-hybridized carbons (Fsp3) is 0.458. The molecule has 3 heterocycles. The number of carbonyl (C=O) groups excluding carboxylic acids is 1. The number of alkyl halides is 2. The van der Waals surface area contributed by atoms with Crippen molar-refractivity contribution < 1.29 is 36.2 Å². The summed E-state index contributed by atoms with van der Waals surface area (Å²) < 4.78 is 70.8. The normalized spacial score (nSPS) is 17.8. The van der Waals surface area contributed by atoms with Gasteiger partial charge in [-0.05, 0) is 52.0 Å². The number of nitrogens with zero attached hydrogens (tertiary/aromatic N) is 3. The molecular weight excluding hydrogens is 513 g/mol. The van der Waals surface area contributed by atoms with E-state index in [2.05, 4.69) is 20.1 Å². The Morgan fingerprint density at radius 1 is 1.24 bits per heavy atom. The van der Waals surface area contributed by atoms with Crippen molar-refractivity contribution in [2.24, 2.45) is 0 Å². The molecule has 0 saturated carbocycles. The lowest BCUT2D eigenvalue weighted by Crippen LogP contribution is -2.63. The fourth-order valence-corrected chi connectivity index (χ4v) is 6.22. The van der Waals surface area contributed by atoms with Crippen LogP contribution in [0.3, 0.4) is 0 Å². The first-order chi connectivity index (χ1) is 16.9.